The predicted octanol–water partition coefficient (Wildman–Crippen LogP) is 3.59. The summed E-state index contributed by atoms with van der Waals surface area (Å²) in [6, 6.07) is 3.39. The maximum Gasteiger partial charge on any atom is 0.318 e. The largest absolute Gasteiger partial charge is 0.469 e. The number of aromatic nitrogens is 2. The SMILES string of the molecule is COC(=O)CCCCCNC(=O)N1CCc2[nH]cnc2[C@@H]1c1cc(Cl)ccc1F. The van der Waals surface area contributed by atoms with Gasteiger partial charge in [0.15, 0.2) is 0 Å². The Morgan fingerprint density at radius 2 is 2.21 bits per heavy atom. The zero-order valence-electron chi connectivity index (χ0n) is 16.2. The highest BCUT2D eigenvalue weighted by Gasteiger charge is 2.35. The monoisotopic (exact) mass is 422 g/mol. The average Bonchev–Trinajstić information content (AvgIpc) is 3.20. The molecule has 2 heterocycles. The fourth-order valence-corrected chi connectivity index (χ4v) is 3.69. The molecule has 1 aliphatic heterocycles. The van der Waals surface area contributed by atoms with Crippen LogP contribution in [0.5, 0.6) is 0 Å². The van der Waals surface area contributed by atoms with Crippen molar-refractivity contribution in [1.82, 2.24) is 20.2 Å². The molecule has 0 fully saturated rings. The average molecular weight is 423 g/mol. The molecule has 2 aromatic rings. The van der Waals surface area contributed by atoms with E-state index in [1.54, 1.807) is 17.3 Å². The van der Waals surface area contributed by atoms with Gasteiger partial charge in [0, 0.05) is 42.2 Å². The molecule has 0 saturated carbocycles. The molecule has 156 valence electrons. The van der Waals surface area contributed by atoms with Gasteiger partial charge in [-0.25, -0.2) is 14.2 Å². The van der Waals surface area contributed by atoms with Crippen molar-refractivity contribution < 1.29 is 18.7 Å². The van der Waals surface area contributed by atoms with Crippen molar-refractivity contribution in [2.45, 2.75) is 38.1 Å². The highest BCUT2D eigenvalue weighted by atomic mass is 35.5. The number of nitrogens with zero attached hydrogens (tertiary/aromatic N) is 2. The second kappa shape index (κ2) is 9.73. The van der Waals surface area contributed by atoms with Crippen LogP contribution in [0, 0.1) is 5.82 Å². The van der Waals surface area contributed by atoms with E-state index in [1.807, 2.05) is 0 Å². The van der Waals surface area contributed by atoms with E-state index in [2.05, 4.69) is 20.0 Å². The number of benzene rings is 1. The summed E-state index contributed by atoms with van der Waals surface area (Å²) in [5.41, 5.74) is 1.84. The molecule has 0 unspecified atom stereocenters. The van der Waals surface area contributed by atoms with Gasteiger partial charge >= 0.3 is 12.0 Å². The smallest absolute Gasteiger partial charge is 0.318 e. The lowest BCUT2D eigenvalue weighted by Crippen LogP contribution is -2.46. The van der Waals surface area contributed by atoms with Gasteiger partial charge in [-0.15, -0.1) is 0 Å². The van der Waals surface area contributed by atoms with Gasteiger partial charge in [0.25, 0.3) is 0 Å². The predicted molar refractivity (Wildman–Crippen MR) is 106 cm³/mol. The summed E-state index contributed by atoms with van der Waals surface area (Å²) in [6.45, 7) is 0.897. The Hall–Kier alpha value is -2.61. The molecule has 0 bridgehead atoms. The Bertz CT molecular complexity index is 873. The van der Waals surface area contributed by atoms with Crippen LogP contribution in [-0.4, -0.2) is 47.1 Å². The summed E-state index contributed by atoms with van der Waals surface area (Å²) in [5.74, 6) is -0.667. The van der Waals surface area contributed by atoms with Crippen LogP contribution in [0.3, 0.4) is 0 Å². The van der Waals surface area contributed by atoms with Crippen molar-refractivity contribution in [2.75, 3.05) is 20.2 Å². The van der Waals surface area contributed by atoms with Crippen LogP contribution in [-0.2, 0) is 16.0 Å². The van der Waals surface area contributed by atoms with E-state index in [9.17, 15) is 14.0 Å². The fraction of sp³-hybridized carbons (Fsp3) is 0.450. The second-order valence-electron chi connectivity index (χ2n) is 6.90. The minimum Gasteiger partial charge on any atom is -0.469 e. The first-order valence-electron chi connectivity index (χ1n) is 9.59. The highest BCUT2D eigenvalue weighted by molar-refractivity contribution is 6.30. The number of hydrogen-bond acceptors (Lipinski definition) is 4. The molecule has 29 heavy (non-hydrogen) atoms. The number of amides is 2. The zero-order valence-corrected chi connectivity index (χ0v) is 17.0. The van der Waals surface area contributed by atoms with Gasteiger partial charge in [0.2, 0.25) is 0 Å². The number of carbonyl (C=O) groups is 2. The third-order valence-corrected chi connectivity index (χ3v) is 5.24. The number of esters is 1. The molecule has 0 radical (unpaired) electrons. The van der Waals surface area contributed by atoms with E-state index >= 15 is 0 Å². The number of aromatic amines is 1. The number of nitrogens with one attached hydrogen (secondary N) is 2. The number of carbonyl (C=O) groups excluding carboxylic acids is 2. The maximum atomic E-state index is 14.6. The van der Waals surface area contributed by atoms with Gasteiger partial charge < -0.3 is 19.9 Å². The van der Waals surface area contributed by atoms with Crippen LogP contribution >= 0.6 is 11.6 Å². The molecular weight excluding hydrogens is 399 g/mol. The molecule has 1 aromatic heterocycles. The number of urea groups is 1. The van der Waals surface area contributed by atoms with Gasteiger partial charge in [-0.3, -0.25) is 4.79 Å². The maximum absolute atomic E-state index is 14.6. The Balaban J connectivity index is 1.66. The first-order chi connectivity index (χ1) is 14.0. The summed E-state index contributed by atoms with van der Waals surface area (Å²) in [5, 5.41) is 3.29. The zero-order chi connectivity index (χ0) is 20.8. The first-order valence-corrected chi connectivity index (χ1v) is 9.97. The number of rotatable bonds is 7. The third kappa shape index (κ3) is 5.06. The molecular formula is C20H24ClFN4O3. The summed E-state index contributed by atoms with van der Waals surface area (Å²) in [7, 11) is 1.37. The van der Waals surface area contributed by atoms with Crippen molar-refractivity contribution >= 4 is 23.6 Å². The van der Waals surface area contributed by atoms with Gasteiger partial charge in [0.05, 0.1) is 19.1 Å². The first kappa shape index (κ1) is 21.1. The van der Waals surface area contributed by atoms with Crippen molar-refractivity contribution in [3.05, 3.63) is 52.3 Å². The quantitative estimate of drug-likeness (QED) is 0.527. The molecule has 2 N–H and O–H groups in total. The summed E-state index contributed by atoms with van der Waals surface area (Å²) in [6.07, 6.45) is 4.78. The van der Waals surface area contributed by atoms with Crippen LogP contribution in [0.2, 0.25) is 5.02 Å². The van der Waals surface area contributed by atoms with E-state index in [0.29, 0.717) is 48.6 Å². The van der Waals surface area contributed by atoms with E-state index in [-0.39, 0.29) is 12.0 Å². The number of imidazole rings is 1. The molecule has 0 saturated heterocycles. The number of halogens is 2. The summed E-state index contributed by atoms with van der Waals surface area (Å²) in [4.78, 5) is 32.9. The molecule has 1 aromatic carbocycles. The standard InChI is InChI=1S/C20H24ClFN4O3/c1-29-17(27)5-3-2-4-9-23-20(28)26-10-8-16-18(25-12-24-16)19(26)14-11-13(21)6-7-15(14)22/h6-7,11-12,19H,2-5,8-10H2,1H3,(H,23,28)(H,24,25)/t19-/m0/s1. The lowest BCUT2D eigenvalue weighted by molar-refractivity contribution is -0.140. The summed E-state index contributed by atoms with van der Waals surface area (Å²) < 4.78 is 19.2. The molecule has 7 nitrogen and oxygen atoms in total. The number of unbranched alkanes of at least 4 members (excludes halogenated alkanes) is 2. The highest BCUT2D eigenvalue weighted by Crippen LogP contribution is 2.35. The van der Waals surface area contributed by atoms with E-state index in [0.717, 1.165) is 18.5 Å². The number of methoxy groups -OCH3 is 1. The lowest BCUT2D eigenvalue weighted by Gasteiger charge is -2.35. The molecule has 1 aliphatic rings. The minimum atomic E-state index is -0.650. The third-order valence-electron chi connectivity index (χ3n) is 5.00. The van der Waals surface area contributed by atoms with Gasteiger partial charge in [0.1, 0.15) is 11.9 Å². The number of hydrogen-bond donors (Lipinski definition) is 2. The Morgan fingerprint density at radius 1 is 1.38 bits per heavy atom. The Morgan fingerprint density at radius 3 is 3.00 bits per heavy atom. The van der Waals surface area contributed by atoms with Crippen molar-refractivity contribution in [3.8, 4) is 0 Å². The second-order valence-corrected chi connectivity index (χ2v) is 7.33. The number of H-pyrrole nitrogens is 1. The fourth-order valence-electron chi connectivity index (χ4n) is 3.50. The van der Waals surface area contributed by atoms with Crippen LogP contribution in [0.15, 0.2) is 24.5 Å². The van der Waals surface area contributed by atoms with Crippen LogP contribution < -0.4 is 5.32 Å². The normalized spacial score (nSPS) is 15.7. The Labute approximate surface area is 173 Å². The Kier molecular flexibility index (Phi) is 7.09. The summed E-state index contributed by atoms with van der Waals surface area (Å²) >= 11 is 6.08. The number of ether oxygens (including phenoxy) is 1. The van der Waals surface area contributed by atoms with Crippen molar-refractivity contribution in [3.63, 3.8) is 0 Å². The molecule has 0 spiro atoms. The number of fused-ring (bicyclic) bond motifs is 1. The molecule has 0 aliphatic carbocycles. The van der Waals surface area contributed by atoms with Crippen molar-refractivity contribution in [1.29, 1.82) is 0 Å². The lowest BCUT2D eigenvalue weighted by atomic mass is 9.95. The molecule has 2 amide bonds. The van der Waals surface area contributed by atoms with Crippen LogP contribution in [0.1, 0.15) is 48.7 Å². The minimum absolute atomic E-state index is 0.233. The van der Waals surface area contributed by atoms with E-state index in [4.69, 9.17) is 11.6 Å². The van der Waals surface area contributed by atoms with Gasteiger partial charge in [-0.1, -0.05) is 18.0 Å². The molecule has 3 rings (SSSR count). The van der Waals surface area contributed by atoms with E-state index in [1.165, 1.54) is 19.2 Å². The van der Waals surface area contributed by atoms with Crippen molar-refractivity contribution in [2.24, 2.45) is 0 Å². The molecule has 1 atom stereocenters. The van der Waals surface area contributed by atoms with Gasteiger partial charge in [-0.2, -0.15) is 0 Å². The molecule has 9 heteroatoms. The van der Waals surface area contributed by atoms with E-state index < -0.39 is 11.9 Å². The van der Waals surface area contributed by atoms with Crippen LogP contribution in [0.25, 0.3) is 0 Å². The van der Waals surface area contributed by atoms with Crippen LogP contribution in [0.4, 0.5) is 9.18 Å². The topological polar surface area (TPSA) is 87.3 Å². The van der Waals surface area contributed by atoms with Gasteiger partial charge in [-0.05, 0) is 31.0 Å².